The van der Waals surface area contributed by atoms with Gasteiger partial charge in [-0.25, -0.2) is 8.42 Å². The SMILES string of the molecule is CC(C)(C)c1ccc(C(C(=O)Nc2ccc(OCC3CCCCC3)cc2)S(=O)(=O)c2ccc(C(=O)NCCS(=O)(=O)O)cc2)cc1. The lowest BCUT2D eigenvalue weighted by molar-refractivity contribution is -0.115. The molecule has 1 saturated carbocycles. The normalized spacial score (nSPS) is 15.1. The summed E-state index contributed by atoms with van der Waals surface area (Å²) in [7, 11) is -8.56. The van der Waals surface area contributed by atoms with Crippen LogP contribution in [0.25, 0.3) is 0 Å². The molecule has 1 fully saturated rings. The second kappa shape index (κ2) is 14.8. The van der Waals surface area contributed by atoms with Crippen molar-refractivity contribution in [3.05, 3.63) is 89.5 Å². The number of hydrogen-bond donors (Lipinski definition) is 3. The molecule has 0 bridgehead atoms. The Bertz CT molecular complexity index is 1710. The molecule has 248 valence electrons. The van der Waals surface area contributed by atoms with E-state index in [1.807, 2.05) is 32.9 Å². The van der Waals surface area contributed by atoms with Crippen LogP contribution in [0.5, 0.6) is 5.75 Å². The lowest BCUT2D eigenvalue weighted by Gasteiger charge is -2.22. The van der Waals surface area contributed by atoms with Crippen molar-refractivity contribution in [1.82, 2.24) is 5.32 Å². The van der Waals surface area contributed by atoms with Gasteiger partial charge in [-0.3, -0.25) is 14.1 Å². The van der Waals surface area contributed by atoms with Gasteiger partial charge >= 0.3 is 0 Å². The molecule has 0 aliphatic heterocycles. The number of rotatable bonds is 12. The van der Waals surface area contributed by atoms with Crippen molar-refractivity contribution in [2.24, 2.45) is 5.92 Å². The van der Waals surface area contributed by atoms with E-state index in [9.17, 15) is 26.4 Å². The molecule has 0 saturated heterocycles. The highest BCUT2D eigenvalue weighted by molar-refractivity contribution is 7.92. The van der Waals surface area contributed by atoms with Crippen molar-refractivity contribution >= 4 is 37.5 Å². The number of carbonyl (C=O) groups excluding carboxylic acids is 2. The Hall–Kier alpha value is -3.74. The van der Waals surface area contributed by atoms with E-state index in [1.165, 1.54) is 43.5 Å². The van der Waals surface area contributed by atoms with Crippen LogP contribution in [-0.4, -0.2) is 52.1 Å². The third-order valence-corrected chi connectivity index (χ3v) is 10.8. The topological polar surface area (TPSA) is 156 Å². The third kappa shape index (κ3) is 9.63. The van der Waals surface area contributed by atoms with Crippen molar-refractivity contribution in [1.29, 1.82) is 0 Å². The van der Waals surface area contributed by atoms with Gasteiger partial charge in [-0.1, -0.05) is 64.3 Å². The zero-order valence-electron chi connectivity index (χ0n) is 26.4. The Morgan fingerprint density at radius 2 is 1.48 bits per heavy atom. The molecule has 12 heteroatoms. The number of benzene rings is 3. The standard InChI is InChI=1S/C34H42N2O8S2/c1-34(2,3)27-13-9-25(10-14-27)31(33(38)36-28-15-17-29(18-16-28)44-23-24-7-5-4-6-8-24)46(42,43)30-19-11-26(12-20-30)32(37)35-21-22-45(39,40)41/h9-20,24,31H,4-8,21-23H2,1-3H3,(H,35,37)(H,36,38)(H,39,40,41). The second-order valence-electron chi connectivity index (χ2n) is 12.7. The van der Waals surface area contributed by atoms with E-state index in [4.69, 9.17) is 9.29 Å². The molecule has 1 aliphatic rings. The summed E-state index contributed by atoms with van der Waals surface area (Å²) in [6.07, 6.45) is 6.04. The molecule has 0 heterocycles. The highest BCUT2D eigenvalue weighted by Crippen LogP contribution is 2.33. The fourth-order valence-electron chi connectivity index (χ4n) is 5.37. The van der Waals surface area contributed by atoms with Gasteiger partial charge < -0.3 is 15.4 Å². The summed E-state index contributed by atoms with van der Waals surface area (Å²) in [5.74, 6) is -0.839. The van der Waals surface area contributed by atoms with E-state index in [2.05, 4.69) is 10.6 Å². The minimum atomic E-state index is -4.31. The number of amides is 2. The van der Waals surface area contributed by atoms with E-state index >= 15 is 0 Å². The second-order valence-corrected chi connectivity index (χ2v) is 16.3. The van der Waals surface area contributed by atoms with Crippen LogP contribution in [0.4, 0.5) is 5.69 Å². The summed E-state index contributed by atoms with van der Waals surface area (Å²) in [4.78, 5) is 26.0. The summed E-state index contributed by atoms with van der Waals surface area (Å²) >= 11 is 0. The summed E-state index contributed by atoms with van der Waals surface area (Å²) in [6, 6.07) is 18.8. The van der Waals surface area contributed by atoms with Crippen LogP contribution in [0.3, 0.4) is 0 Å². The van der Waals surface area contributed by atoms with Gasteiger partial charge in [0, 0.05) is 17.8 Å². The van der Waals surface area contributed by atoms with Crippen LogP contribution in [0.2, 0.25) is 0 Å². The summed E-state index contributed by atoms with van der Waals surface area (Å²) in [5, 5.41) is 3.51. The zero-order chi connectivity index (χ0) is 33.5. The van der Waals surface area contributed by atoms with Gasteiger partial charge in [0.15, 0.2) is 15.1 Å². The van der Waals surface area contributed by atoms with E-state index < -0.39 is 42.8 Å². The third-order valence-electron chi connectivity index (χ3n) is 8.05. The minimum absolute atomic E-state index is 0.0793. The van der Waals surface area contributed by atoms with Crippen molar-refractivity contribution in [2.75, 3.05) is 24.2 Å². The molecule has 2 amide bonds. The van der Waals surface area contributed by atoms with Crippen molar-refractivity contribution < 1.29 is 35.7 Å². The number of carbonyl (C=O) groups is 2. The highest BCUT2D eigenvalue weighted by atomic mass is 32.2. The molecular weight excluding hydrogens is 629 g/mol. The molecule has 1 unspecified atom stereocenters. The maximum absolute atomic E-state index is 14.0. The van der Waals surface area contributed by atoms with Crippen molar-refractivity contribution in [3.8, 4) is 5.75 Å². The molecule has 4 rings (SSSR count). The van der Waals surface area contributed by atoms with Gasteiger partial charge in [-0.15, -0.1) is 0 Å². The lowest BCUT2D eigenvalue weighted by Crippen LogP contribution is -2.29. The average Bonchev–Trinajstić information content (AvgIpc) is 3.00. The van der Waals surface area contributed by atoms with Gasteiger partial charge in [0.2, 0.25) is 5.91 Å². The van der Waals surface area contributed by atoms with Crippen LogP contribution in [0.15, 0.2) is 77.7 Å². The molecule has 3 N–H and O–H groups in total. The maximum Gasteiger partial charge on any atom is 0.266 e. The molecule has 46 heavy (non-hydrogen) atoms. The molecule has 1 atom stereocenters. The van der Waals surface area contributed by atoms with Crippen LogP contribution in [0.1, 0.15) is 79.6 Å². The number of hydrogen-bond acceptors (Lipinski definition) is 7. The first-order valence-electron chi connectivity index (χ1n) is 15.3. The predicted molar refractivity (Wildman–Crippen MR) is 177 cm³/mol. The van der Waals surface area contributed by atoms with Gasteiger partial charge in [0.05, 0.1) is 17.3 Å². The number of anilines is 1. The first-order valence-corrected chi connectivity index (χ1v) is 18.5. The molecule has 0 radical (unpaired) electrons. The molecule has 0 aromatic heterocycles. The minimum Gasteiger partial charge on any atom is -0.493 e. The van der Waals surface area contributed by atoms with Crippen molar-refractivity contribution in [3.63, 3.8) is 0 Å². The quantitative estimate of drug-likeness (QED) is 0.207. The smallest absolute Gasteiger partial charge is 0.266 e. The highest BCUT2D eigenvalue weighted by Gasteiger charge is 2.36. The van der Waals surface area contributed by atoms with E-state index in [0.717, 1.165) is 18.4 Å². The Labute approximate surface area is 271 Å². The zero-order valence-corrected chi connectivity index (χ0v) is 28.0. The predicted octanol–water partition coefficient (Wildman–Crippen LogP) is 5.71. The number of ether oxygens (including phenoxy) is 1. The molecule has 1 aliphatic carbocycles. The van der Waals surface area contributed by atoms with Gasteiger partial charge in [-0.2, -0.15) is 8.42 Å². The van der Waals surface area contributed by atoms with E-state index in [-0.39, 0.29) is 28.0 Å². The number of nitrogens with one attached hydrogen (secondary N) is 2. The molecule has 3 aromatic rings. The van der Waals surface area contributed by atoms with Crippen LogP contribution in [-0.2, 0) is 30.2 Å². The molecule has 3 aromatic carbocycles. The monoisotopic (exact) mass is 670 g/mol. The molecule has 0 spiro atoms. The lowest BCUT2D eigenvalue weighted by atomic mass is 9.86. The average molecular weight is 671 g/mol. The fraction of sp³-hybridized carbons (Fsp3) is 0.412. The summed E-state index contributed by atoms with van der Waals surface area (Å²) < 4.78 is 64.7. The Balaban J connectivity index is 1.55. The first-order chi connectivity index (χ1) is 21.6. The first kappa shape index (κ1) is 35.1. The molecular formula is C34H42N2O8S2. The largest absolute Gasteiger partial charge is 0.493 e. The fourth-order valence-corrected chi connectivity index (χ4v) is 7.37. The molecule has 10 nitrogen and oxygen atoms in total. The van der Waals surface area contributed by atoms with Crippen molar-refractivity contribution in [2.45, 2.75) is 68.4 Å². The van der Waals surface area contributed by atoms with Crippen LogP contribution >= 0.6 is 0 Å². The summed E-state index contributed by atoms with van der Waals surface area (Å²) in [5.41, 5.74) is 1.56. The van der Waals surface area contributed by atoms with Gasteiger partial charge in [0.1, 0.15) is 5.75 Å². The van der Waals surface area contributed by atoms with Gasteiger partial charge in [-0.05, 0) is 83.8 Å². The van der Waals surface area contributed by atoms with E-state index in [1.54, 1.807) is 36.4 Å². The van der Waals surface area contributed by atoms with Crippen LogP contribution in [0, 0.1) is 5.92 Å². The Morgan fingerprint density at radius 1 is 0.870 bits per heavy atom. The van der Waals surface area contributed by atoms with Gasteiger partial charge in [0.25, 0.3) is 16.0 Å². The Morgan fingerprint density at radius 3 is 2.04 bits per heavy atom. The van der Waals surface area contributed by atoms with Crippen LogP contribution < -0.4 is 15.4 Å². The Kier molecular flexibility index (Phi) is 11.3. The maximum atomic E-state index is 14.0. The summed E-state index contributed by atoms with van der Waals surface area (Å²) in [6.45, 7) is 6.42. The van der Waals surface area contributed by atoms with E-state index in [0.29, 0.717) is 24.0 Å². The number of sulfone groups is 1.